The number of benzene rings is 1. The smallest absolute Gasteiger partial charge is 0.256 e. The third kappa shape index (κ3) is 4.03. The number of amides is 3. The molecule has 8 nitrogen and oxygen atoms in total. The summed E-state index contributed by atoms with van der Waals surface area (Å²) in [6.45, 7) is 2.36. The second-order valence-corrected chi connectivity index (χ2v) is 9.88. The number of fused-ring (bicyclic) bond motifs is 4. The van der Waals surface area contributed by atoms with E-state index in [2.05, 4.69) is 15.6 Å². The van der Waals surface area contributed by atoms with Crippen LogP contribution in [0.5, 0.6) is 0 Å². The molecule has 4 aliphatic rings. The average molecular weight is 484 g/mol. The van der Waals surface area contributed by atoms with Gasteiger partial charge in [-0.15, -0.1) is 0 Å². The molecule has 3 amide bonds. The third-order valence-electron chi connectivity index (χ3n) is 7.62. The highest BCUT2D eigenvalue weighted by atomic mass is 19.3. The number of piperidine rings is 2. The number of H-pyrrole nitrogens is 1. The van der Waals surface area contributed by atoms with Crippen LogP contribution in [-0.4, -0.2) is 58.2 Å². The Morgan fingerprint density at radius 2 is 2.11 bits per heavy atom. The van der Waals surface area contributed by atoms with Crippen LogP contribution in [0.2, 0.25) is 0 Å². The number of aryl methyl sites for hydroxylation is 1. The maximum absolute atomic E-state index is 15.0. The van der Waals surface area contributed by atoms with Crippen molar-refractivity contribution in [2.75, 3.05) is 6.54 Å². The summed E-state index contributed by atoms with van der Waals surface area (Å²) in [7, 11) is 0. The van der Waals surface area contributed by atoms with E-state index in [0.29, 0.717) is 30.5 Å². The van der Waals surface area contributed by atoms with Gasteiger partial charge in [-0.3, -0.25) is 14.4 Å². The van der Waals surface area contributed by atoms with Gasteiger partial charge in [-0.05, 0) is 44.7 Å². The summed E-state index contributed by atoms with van der Waals surface area (Å²) in [6.07, 6.45) is 0.660. The minimum atomic E-state index is -3.09. The zero-order chi connectivity index (χ0) is 24.9. The van der Waals surface area contributed by atoms with Crippen molar-refractivity contribution in [3.63, 3.8) is 0 Å². The molecular weight excluding hydrogens is 456 g/mol. The fourth-order valence-corrected chi connectivity index (χ4v) is 5.97. The Morgan fingerprint density at radius 3 is 2.80 bits per heavy atom. The van der Waals surface area contributed by atoms with Crippen molar-refractivity contribution < 1.29 is 23.2 Å². The van der Waals surface area contributed by atoms with Gasteiger partial charge in [-0.1, -0.05) is 12.1 Å². The summed E-state index contributed by atoms with van der Waals surface area (Å²) < 4.78 is 29.9. The second-order valence-electron chi connectivity index (χ2n) is 9.88. The van der Waals surface area contributed by atoms with Crippen LogP contribution in [0, 0.1) is 30.1 Å². The van der Waals surface area contributed by atoms with E-state index in [0.717, 1.165) is 11.1 Å². The van der Waals surface area contributed by atoms with Crippen LogP contribution in [0.25, 0.3) is 10.9 Å². The van der Waals surface area contributed by atoms with Crippen LogP contribution in [0.1, 0.15) is 48.2 Å². The lowest BCUT2D eigenvalue weighted by atomic mass is 9.71. The molecule has 2 bridgehead atoms. The SMILES string of the molecule is Cc1cc2cccc(C(=O)N3[C@@H]4CC[C@H]([C@@H]3C(=O)N[C@H](C#N)C[C@H]3CCNC3=O)C(F)(F)C4)c2[nH]1. The fourth-order valence-electron chi connectivity index (χ4n) is 5.97. The summed E-state index contributed by atoms with van der Waals surface area (Å²) >= 11 is 0. The number of aromatic amines is 1. The monoisotopic (exact) mass is 483 g/mol. The molecule has 0 unspecified atom stereocenters. The summed E-state index contributed by atoms with van der Waals surface area (Å²) in [6, 6.07) is 5.88. The molecule has 0 spiro atoms. The van der Waals surface area contributed by atoms with Crippen LogP contribution in [0.4, 0.5) is 8.78 Å². The quantitative estimate of drug-likeness (QED) is 0.606. The molecule has 2 aromatic rings. The van der Waals surface area contributed by atoms with E-state index in [1.807, 2.05) is 25.1 Å². The zero-order valence-electron chi connectivity index (χ0n) is 19.3. The maximum Gasteiger partial charge on any atom is 0.256 e. The normalized spacial score (nSPS) is 27.9. The number of rotatable bonds is 5. The van der Waals surface area contributed by atoms with Crippen LogP contribution >= 0.6 is 0 Å². The van der Waals surface area contributed by atoms with Gasteiger partial charge in [0.1, 0.15) is 12.1 Å². The van der Waals surface area contributed by atoms with Crippen LogP contribution in [0.15, 0.2) is 24.3 Å². The highest BCUT2D eigenvalue weighted by Gasteiger charge is 2.60. The van der Waals surface area contributed by atoms with E-state index >= 15 is 0 Å². The van der Waals surface area contributed by atoms with Gasteiger partial charge in [0.05, 0.1) is 23.1 Å². The molecular formula is C25H27F2N5O3. The molecule has 35 heavy (non-hydrogen) atoms. The lowest BCUT2D eigenvalue weighted by Crippen LogP contribution is -2.68. The number of aromatic nitrogens is 1. The fraction of sp³-hybridized carbons (Fsp3) is 0.520. The summed E-state index contributed by atoms with van der Waals surface area (Å²) in [5, 5.41) is 15.7. The molecule has 1 aliphatic carbocycles. The van der Waals surface area contributed by atoms with Crippen molar-refractivity contribution in [3.05, 3.63) is 35.5 Å². The standard InChI is InChI=1S/C25H27F2N5O3/c1-13-9-14-3-2-4-18(20(14)30-13)24(35)32-17-5-6-19(25(26,27)11-17)21(32)23(34)31-16(12-28)10-15-7-8-29-22(15)33/h2-4,9,15-17,19,21,30H,5-8,10-11H2,1H3,(H,29,33)(H,31,34)/t15-,16+,17-,19-,21-/m1/s1. The molecule has 1 aromatic carbocycles. The van der Waals surface area contributed by atoms with E-state index in [-0.39, 0.29) is 18.7 Å². The van der Waals surface area contributed by atoms with E-state index in [9.17, 15) is 28.4 Å². The van der Waals surface area contributed by atoms with E-state index in [1.165, 1.54) is 4.90 Å². The Balaban J connectivity index is 1.45. The van der Waals surface area contributed by atoms with E-state index in [4.69, 9.17) is 0 Å². The number of nitrogens with one attached hydrogen (secondary N) is 3. The Morgan fingerprint density at radius 1 is 1.31 bits per heavy atom. The highest BCUT2D eigenvalue weighted by molar-refractivity contribution is 6.07. The van der Waals surface area contributed by atoms with Crippen molar-refractivity contribution in [3.8, 4) is 6.07 Å². The Labute approximate surface area is 201 Å². The molecule has 4 heterocycles. The number of carbonyl (C=O) groups is 3. The van der Waals surface area contributed by atoms with Crippen molar-refractivity contribution in [2.45, 2.75) is 63.1 Å². The molecule has 4 fully saturated rings. The predicted octanol–water partition coefficient (Wildman–Crippen LogP) is 2.64. The molecule has 6 rings (SSSR count). The number of hydrogen-bond acceptors (Lipinski definition) is 4. The largest absolute Gasteiger partial charge is 0.358 e. The van der Waals surface area contributed by atoms with Crippen molar-refractivity contribution in [1.82, 2.24) is 20.5 Å². The number of hydrogen-bond donors (Lipinski definition) is 3. The number of nitriles is 1. The Hall–Kier alpha value is -3.48. The first-order valence-corrected chi connectivity index (χ1v) is 12.0. The number of carbonyl (C=O) groups excluding carboxylic acids is 3. The van der Waals surface area contributed by atoms with Gasteiger partial charge < -0.3 is 20.5 Å². The first-order valence-electron chi connectivity index (χ1n) is 12.0. The van der Waals surface area contributed by atoms with Crippen molar-refractivity contribution in [2.24, 2.45) is 11.8 Å². The summed E-state index contributed by atoms with van der Waals surface area (Å²) in [4.78, 5) is 43.6. The van der Waals surface area contributed by atoms with E-state index < -0.39 is 54.1 Å². The third-order valence-corrected chi connectivity index (χ3v) is 7.62. The Bertz CT molecular complexity index is 1240. The minimum Gasteiger partial charge on any atom is -0.358 e. The molecule has 3 saturated heterocycles. The van der Waals surface area contributed by atoms with Gasteiger partial charge in [-0.2, -0.15) is 5.26 Å². The number of alkyl halides is 2. The van der Waals surface area contributed by atoms with Gasteiger partial charge in [0, 0.05) is 36.0 Å². The summed E-state index contributed by atoms with van der Waals surface area (Å²) in [5.41, 5.74) is 1.78. The molecule has 184 valence electrons. The van der Waals surface area contributed by atoms with Crippen molar-refractivity contribution >= 4 is 28.6 Å². The first-order chi connectivity index (χ1) is 16.7. The predicted molar refractivity (Wildman–Crippen MR) is 122 cm³/mol. The molecule has 1 saturated carbocycles. The van der Waals surface area contributed by atoms with Gasteiger partial charge in [0.15, 0.2) is 0 Å². The maximum atomic E-state index is 15.0. The number of para-hydroxylation sites is 1. The zero-order valence-corrected chi connectivity index (χ0v) is 19.3. The van der Waals surface area contributed by atoms with Gasteiger partial charge >= 0.3 is 0 Å². The molecule has 3 aliphatic heterocycles. The highest BCUT2D eigenvalue weighted by Crippen LogP contribution is 2.49. The lowest BCUT2D eigenvalue weighted by Gasteiger charge is -2.53. The van der Waals surface area contributed by atoms with Crippen LogP contribution < -0.4 is 10.6 Å². The molecule has 5 atom stereocenters. The number of halogens is 2. The first kappa shape index (κ1) is 23.3. The minimum absolute atomic E-state index is 0.0975. The average Bonchev–Trinajstić information content (AvgIpc) is 3.40. The Kier molecular flexibility index (Phi) is 5.74. The number of nitrogens with zero attached hydrogens (tertiary/aromatic N) is 2. The topological polar surface area (TPSA) is 118 Å². The van der Waals surface area contributed by atoms with Crippen LogP contribution in [0.3, 0.4) is 0 Å². The van der Waals surface area contributed by atoms with Crippen LogP contribution in [-0.2, 0) is 9.59 Å². The van der Waals surface area contributed by atoms with Gasteiger partial charge in [-0.25, -0.2) is 8.78 Å². The van der Waals surface area contributed by atoms with Crippen molar-refractivity contribution in [1.29, 1.82) is 5.26 Å². The molecule has 3 N–H and O–H groups in total. The van der Waals surface area contributed by atoms with Gasteiger partial charge in [0.2, 0.25) is 11.8 Å². The molecule has 10 heteroatoms. The molecule has 1 aromatic heterocycles. The lowest BCUT2D eigenvalue weighted by molar-refractivity contribution is -0.179. The molecule has 0 radical (unpaired) electrons. The van der Waals surface area contributed by atoms with E-state index in [1.54, 1.807) is 12.1 Å². The van der Waals surface area contributed by atoms with Gasteiger partial charge in [0.25, 0.3) is 11.8 Å². The summed E-state index contributed by atoms with van der Waals surface area (Å²) in [5.74, 6) is -6.29. The second kappa shape index (κ2) is 8.63.